The molecule has 0 N–H and O–H groups in total. The van der Waals surface area contributed by atoms with Crippen LogP contribution in [0.4, 0.5) is 0 Å². The molecule has 0 spiro atoms. The van der Waals surface area contributed by atoms with E-state index in [0.717, 1.165) is 29.0 Å². The molecule has 30 heavy (non-hydrogen) atoms. The van der Waals surface area contributed by atoms with Crippen molar-refractivity contribution in [3.8, 4) is 22.9 Å². The summed E-state index contributed by atoms with van der Waals surface area (Å²) in [5.41, 5.74) is 1.87. The molecule has 1 unspecified atom stereocenters. The van der Waals surface area contributed by atoms with Gasteiger partial charge in [-0.25, -0.2) is 0 Å². The Morgan fingerprint density at radius 1 is 1.10 bits per heavy atom. The van der Waals surface area contributed by atoms with Gasteiger partial charge in [0, 0.05) is 18.5 Å². The second-order valence-electron chi connectivity index (χ2n) is 7.25. The van der Waals surface area contributed by atoms with Crippen LogP contribution in [0.2, 0.25) is 0 Å². The van der Waals surface area contributed by atoms with Crippen molar-refractivity contribution in [3.05, 3.63) is 60.0 Å². The van der Waals surface area contributed by atoms with Gasteiger partial charge in [-0.15, -0.1) is 0 Å². The lowest BCUT2D eigenvalue weighted by Crippen LogP contribution is -2.27. The molecule has 1 aliphatic rings. The molecule has 2 aromatic carbocycles. The average Bonchev–Trinajstić information content (AvgIpc) is 3.40. The van der Waals surface area contributed by atoms with Crippen molar-refractivity contribution in [1.82, 2.24) is 15.0 Å². The van der Waals surface area contributed by atoms with Gasteiger partial charge in [0.25, 0.3) is 0 Å². The minimum absolute atomic E-state index is 0.0907. The number of methoxy groups -OCH3 is 1. The van der Waals surface area contributed by atoms with Crippen LogP contribution in [-0.2, 0) is 11.3 Å². The predicted octanol–water partition coefficient (Wildman–Crippen LogP) is 4.40. The molecule has 3 aromatic rings. The first-order valence-electron chi connectivity index (χ1n) is 10.2. The third kappa shape index (κ3) is 4.30. The smallest absolute Gasteiger partial charge is 0.249 e. The first-order valence-corrected chi connectivity index (χ1v) is 10.2. The van der Waals surface area contributed by atoms with Crippen molar-refractivity contribution in [1.29, 1.82) is 0 Å². The van der Waals surface area contributed by atoms with Gasteiger partial charge in [0.05, 0.1) is 13.7 Å². The molecular formula is C23H25N3O4. The monoisotopic (exact) mass is 407 g/mol. The van der Waals surface area contributed by atoms with Crippen molar-refractivity contribution in [2.75, 3.05) is 13.7 Å². The summed E-state index contributed by atoms with van der Waals surface area (Å²) in [7, 11) is 1.63. The van der Waals surface area contributed by atoms with E-state index in [1.54, 1.807) is 12.0 Å². The Kier molecular flexibility index (Phi) is 5.97. The van der Waals surface area contributed by atoms with Crippen molar-refractivity contribution in [2.45, 2.75) is 38.8 Å². The van der Waals surface area contributed by atoms with E-state index in [-0.39, 0.29) is 11.9 Å². The zero-order valence-corrected chi connectivity index (χ0v) is 17.2. The van der Waals surface area contributed by atoms with Crippen molar-refractivity contribution >= 4 is 5.91 Å². The predicted molar refractivity (Wildman–Crippen MR) is 111 cm³/mol. The minimum Gasteiger partial charge on any atom is -0.497 e. The van der Waals surface area contributed by atoms with Crippen LogP contribution in [0.3, 0.4) is 0 Å². The van der Waals surface area contributed by atoms with Crippen molar-refractivity contribution in [3.63, 3.8) is 0 Å². The van der Waals surface area contributed by atoms with Gasteiger partial charge in [-0.1, -0.05) is 24.2 Å². The lowest BCUT2D eigenvalue weighted by Gasteiger charge is -2.22. The van der Waals surface area contributed by atoms with E-state index in [1.807, 2.05) is 48.5 Å². The van der Waals surface area contributed by atoms with Crippen LogP contribution in [0, 0.1) is 0 Å². The summed E-state index contributed by atoms with van der Waals surface area (Å²) in [4.78, 5) is 18.9. The molecule has 7 heteroatoms. The molecule has 1 aliphatic heterocycles. The van der Waals surface area contributed by atoms with Gasteiger partial charge in [-0.3, -0.25) is 4.79 Å². The maximum absolute atomic E-state index is 12.5. The van der Waals surface area contributed by atoms with Crippen molar-refractivity contribution in [2.24, 2.45) is 0 Å². The van der Waals surface area contributed by atoms with Crippen LogP contribution in [0.5, 0.6) is 11.5 Å². The Balaban J connectivity index is 1.48. The summed E-state index contributed by atoms with van der Waals surface area (Å²) in [6.45, 7) is 3.25. The maximum atomic E-state index is 12.5. The molecule has 2 heterocycles. The Morgan fingerprint density at radius 3 is 2.53 bits per heavy atom. The maximum Gasteiger partial charge on any atom is 0.249 e. The molecule has 4 rings (SSSR count). The zero-order valence-electron chi connectivity index (χ0n) is 17.2. The number of amides is 1. The fraction of sp³-hybridized carbons (Fsp3) is 0.348. The summed E-state index contributed by atoms with van der Waals surface area (Å²) in [6.07, 6.45) is 2.10. The summed E-state index contributed by atoms with van der Waals surface area (Å²) in [5, 5.41) is 4.13. The van der Waals surface area contributed by atoms with E-state index in [4.69, 9.17) is 14.0 Å². The van der Waals surface area contributed by atoms with E-state index in [9.17, 15) is 4.79 Å². The Labute approximate surface area is 175 Å². The third-order valence-corrected chi connectivity index (χ3v) is 5.15. The molecule has 0 radical (unpaired) electrons. The number of nitrogens with zero attached hydrogens (tertiary/aromatic N) is 3. The molecular weight excluding hydrogens is 382 g/mol. The fourth-order valence-corrected chi connectivity index (χ4v) is 3.52. The lowest BCUT2D eigenvalue weighted by atomic mass is 10.1. The van der Waals surface area contributed by atoms with E-state index >= 15 is 0 Å². The number of carbonyl (C=O) groups is 1. The van der Waals surface area contributed by atoms with Crippen LogP contribution >= 0.6 is 0 Å². The number of carbonyl (C=O) groups excluding carboxylic acids is 1. The Bertz CT molecular complexity index is 982. The van der Waals surface area contributed by atoms with Gasteiger partial charge in [0.2, 0.25) is 17.6 Å². The number of likely N-dealkylation sites (tertiary alicyclic amines) is 1. The normalized spacial score (nSPS) is 16.1. The van der Waals surface area contributed by atoms with E-state index in [0.29, 0.717) is 37.7 Å². The minimum atomic E-state index is -0.215. The molecule has 0 bridgehead atoms. The van der Waals surface area contributed by atoms with Crippen LogP contribution < -0.4 is 9.47 Å². The summed E-state index contributed by atoms with van der Waals surface area (Å²) in [5.74, 6) is 2.67. The molecule has 1 fully saturated rings. The number of rotatable bonds is 8. The highest BCUT2D eigenvalue weighted by Crippen LogP contribution is 2.34. The third-order valence-electron chi connectivity index (χ3n) is 5.15. The van der Waals surface area contributed by atoms with Gasteiger partial charge in [0.1, 0.15) is 17.5 Å². The molecule has 1 amide bonds. The largest absolute Gasteiger partial charge is 0.497 e. The van der Waals surface area contributed by atoms with Gasteiger partial charge < -0.3 is 18.9 Å². The summed E-state index contributed by atoms with van der Waals surface area (Å²) in [6, 6.07) is 15.1. The number of hydrogen-bond donors (Lipinski definition) is 0. The lowest BCUT2D eigenvalue weighted by molar-refractivity contribution is -0.129. The van der Waals surface area contributed by atoms with Crippen molar-refractivity contribution < 1.29 is 18.8 Å². The highest BCUT2D eigenvalue weighted by molar-refractivity contribution is 5.78. The molecule has 156 valence electrons. The number of aromatic nitrogens is 2. The first kappa shape index (κ1) is 19.9. The topological polar surface area (TPSA) is 77.7 Å². The SMILES string of the molecule is CCCOc1ccc(-c2noc(C3CCC(=O)N3Cc3ccc(OC)cc3)n2)cc1. The van der Waals surface area contributed by atoms with Crippen LogP contribution in [0.1, 0.15) is 43.7 Å². The molecule has 7 nitrogen and oxygen atoms in total. The second-order valence-corrected chi connectivity index (χ2v) is 7.25. The number of hydrogen-bond acceptors (Lipinski definition) is 6. The quantitative estimate of drug-likeness (QED) is 0.551. The van der Waals surface area contributed by atoms with Crippen LogP contribution in [-0.4, -0.2) is 34.7 Å². The van der Waals surface area contributed by atoms with Gasteiger partial charge in [-0.2, -0.15) is 4.98 Å². The first-order chi connectivity index (χ1) is 14.7. The number of ether oxygens (including phenoxy) is 2. The molecule has 1 aromatic heterocycles. The highest BCUT2D eigenvalue weighted by Gasteiger charge is 2.36. The van der Waals surface area contributed by atoms with Gasteiger partial charge in [0.15, 0.2) is 0 Å². The second kappa shape index (κ2) is 8.98. The Morgan fingerprint density at radius 2 is 1.83 bits per heavy atom. The van der Waals surface area contributed by atoms with Crippen LogP contribution in [0.25, 0.3) is 11.4 Å². The highest BCUT2D eigenvalue weighted by atomic mass is 16.5. The van der Waals surface area contributed by atoms with E-state index in [2.05, 4.69) is 17.1 Å². The molecule has 1 atom stereocenters. The standard InChI is InChI=1S/C23H25N3O4/c1-3-14-29-19-10-6-17(7-11-19)22-24-23(30-25-22)20-12-13-21(27)26(20)15-16-4-8-18(28-2)9-5-16/h4-11,20H,3,12-15H2,1-2H3. The van der Waals surface area contributed by atoms with E-state index < -0.39 is 0 Å². The Hall–Kier alpha value is -3.35. The fourth-order valence-electron chi connectivity index (χ4n) is 3.52. The molecule has 0 aliphatic carbocycles. The summed E-state index contributed by atoms with van der Waals surface area (Å²) >= 11 is 0. The molecule has 1 saturated heterocycles. The summed E-state index contributed by atoms with van der Waals surface area (Å²) < 4.78 is 16.4. The van der Waals surface area contributed by atoms with Gasteiger partial charge >= 0.3 is 0 Å². The van der Waals surface area contributed by atoms with Gasteiger partial charge in [-0.05, 0) is 54.8 Å². The van der Waals surface area contributed by atoms with Crippen LogP contribution in [0.15, 0.2) is 53.1 Å². The van der Waals surface area contributed by atoms with E-state index in [1.165, 1.54) is 0 Å². The number of benzene rings is 2. The molecule has 0 saturated carbocycles. The average molecular weight is 407 g/mol. The zero-order chi connectivity index (χ0) is 20.9.